The molecule has 2 radical (unpaired) electrons. The van der Waals surface area contributed by atoms with Crippen LogP contribution in [-0.2, 0) is 62.0 Å². The van der Waals surface area contributed by atoms with Gasteiger partial charge in [0.05, 0.1) is 24.0 Å². The second kappa shape index (κ2) is 23.3. The molecule has 0 saturated carbocycles. The van der Waals surface area contributed by atoms with Crippen molar-refractivity contribution in [2.75, 3.05) is 0 Å². The summed E-state index contributed by atoms with van der Waals surface area (Å²) in [6.07, 6.45) is 6.66. The maximum absolute atomic E-state index is 12.2. The Labute approximate surface area is 364 Å². The molecule has 2 heterocycles. The van der Waals surface area contributed by atoms with Crippen LogP contribution < -0.4 is 20.4 Å². The van der Waals surface area contributed by atoms with Gasteiger partial charge in [0, 0.05) is 59.5 Å². The number of carboxylic acids is 2. The SMILES string of the molecule is O.O.O.O=C([O-])[C@H](Cc1c[nH]c2ccccc12)N=Cc1c([O-])ccc2ccccc12.O=C([O-])[C@H](Cc1c[nH]c2ccccc12)N=Cc1c([O-])ccc2ccccc12.[Cu+2].[Cu+2].[OH3+]. The number of benzene rings is 6. The van der Waals surface area contributed by atoms with Crippen molar-refractivity contribution in [3.63, 3.8) is 0 Å². The number of carboxylic acid groups (broad SMARTS) is 2. The minimum Gasteiger partial charge on any atom is -0.872 e. The number of nitrogens with one attached hydrogen (secondary N) is 2. The summed E-state index contributed by atoms with van der Waals surface area (Å²) < 4.78 is 0. The van der Waals surface area contributed by atoms with Crippen molar-refractivity contribution in [1.29, 1.82) is 0 Å². The van der Waals surface area contributed by atoms with E-state index in [0.29, 0.717) is 11.1 Å². The Hall–Kier alpha value is -6.32. The van der Waals surface area contributed by atoms with E-state index in [4.69, 9.17) is 0 Å². The molecule has 318 valence electrons. The fourth-order valence-electron chi connectivity index (χ4n) is 6.56. The van der Waals surface area contributed by atoms with E-state index in [1.54, 1.807) is 24.5 Å². The first-order chi connectivity index (χ1) is 26.3. The second-order valence-corrected chi connectivity index (χ2v) is 12.8. The maximum atomic E-state index is 12.2. The van der Waals surface area contributed by atoms with Gasteiger partial charge in [-0.05, 0) is 55.9 Å². The number of rotatable bonds is 10. The maximum Gasteiger partial charge on any atom is 2.00 e. The van der Waals surface area contributed by atoms with Gasteiger partial charge >= 0.3 is 34.1 Å². The van der Waals surface area contributed by atoms with Crippen LogP contribution in [0.3, 0.4) is 0 Å². The second-order valence-electron chi connectivity index (χ2n) is 12.8. The van der Waals surface area contributed by atoms with Gasteiger partial charge in [0.1, 0.15) is 0 Å². The number of aromatic amines is 2. The molecule has 16 heteroatoms. The average molecular weight is 913 g/mol. The monoisotopic (exact) mass is 911 g/mol. The predicted molar refractivity (Wildman–Crippen MR) is 219 cm³/mol. The predicted octanol–water partition coefficient (Wildman–Crippen LogP) is 0.949. The fraction of sp³-hybridized carbons (Fsp3) is 0.0909. The zero-order valence-corrected chi connectivity index (χ0v) is 33.3. The summed E-state index contributed by atoms with van der Waals surface area (Å²) in [4.78, 5) is 37.9. The van der Waals surface area contributed by atoms with Crippen LogP contribution in [0.15, 0.2) is 144 Å². The van der Waals surface area contributed by atoms with Gasteiger partial charge < -0.3 is 61.9 Å². The number of aromatic nitrogens is 2. The van der Waals surface area contributed by atoms with Crippen LogP contribution in [0.2, 0.25) is 0 Å². The smallest absolute Gasteiger partial charge is 0.872 e. The molecule has 14 nitrogen and oxygen atoms in total. The molecule has 0 unspecified atom stereocenters. The number of carbonyl (C=O) groups is 2. The molecule has 0 amide bonds. The number of aliphatic imine (C=N–C) groups is 2. The van der Waals surface area contributed by atoms with Crippen LogP contribution in [0.4, 0.5) is 0 Å². The molecule has 0 aliphatic carbocycles. The summed E-state index contributed by atoms with van der Waals surface area (Å²) in [5.74, 6) is -2.93. The Morgan fingerprint density at radius 2 is 0.850 bits per heavy atom. The third-order valence-electron chi connectivity index (χ3n) is 9.35. The molecule has 0 spiro atoms. The summed E-state index contributed by atoms with van der Waals surface area (Å²) in [6.45, 7) is 0. The Bertz CT molecular complexity index is 2530. The van der Waals surface area contributed by atoms with E-state index in [2.05, 4.69) is 20.0 Å². The van der Waals surface area contributed by atoms with E-state index >= 15 is 0 Å². The van der Waals surface area contributed by atoms with Gasteiger partial charge in [-0.3, -0.25) is 9.98 Å². The Morgan fingerprint density at radius 3 is 1.22 bits per heavy atom. The third-order valence-corrected chi connectivity index (χ3v) is 9.35. The minimum absolute atomic E-state index is 0. The quantitative estimate of drug-likeness (QED) is 0.114. The first-order valence-electron chi connectivity index (χ1n) is 17.2. The van der Waals surface area contributed by atoms with Crippen molar-refractivity contribution in [3.05, 3.63) is 156 Å². The Kier molecular flexibility index (Phi) is 20.1. The van der Waals surface area contributed by atoms with Gasteiger partial charge in [-0.15, -0.1) is 0 Å². The third kappa shape index (κ3) is 11.4. The van der Waals surface area contributed by atoms with Gasteiger partial charge in [-0.2, -0.15) is 0 Å². The molecule has 0 saturated heterocycles. The number of aliphatic carboxylic acids is 2. The molecule has 8 aromatic rings. The van der Waals surface area contributed by atoms with Crippen molar-refractivity contribution in [2.45, 2.75) is 24.9 Å². The van der Waals surface area contributed by atoms with E-state index in [-0.39, 0.29) is 80.4 Å². The van der Waals surface area contributed by atoms with Crippen LogP contribution in [-0.4, -0.2) is 62.8 Å². The van der Waals surface area contributed by atoms with Crippen LogP contribution in [0.25, 0.3) is 43.4 Å². The molecule has 11 N–H and O–H groups in total. The topological polar surface area (TPSA) is 310 Å². The van der Waals surface area contributed by atoms with Gasteiger partial charge in [-0.1, -0.05) is 121 Å². The summed E-state index contributed by atoms with van der Waals surface area (Å²) in [5.41, 5.74) is 4.33. The average Bonchev–Trinajstić information content (AvgIpc) is 3.80. The number of H-pyrrole nitrogens is 2. The molecule has 0 aliphatic rings. The molecular formula is C44H41Cu2N4O10+. The number of hydrogen-bond acceptors (Lipinski definition) is 8. The van der Waals surface area contributed by atoms with Crippen LogP contribution >= 0.6 is 0 Å². The standard InChI is InChI=1S/2C22H18N2O3.2Cu.4H2O/c2*25-21-10-9-14-5-1-2-6-16(14)18(21)13-24-20(22(26)27)11-15-12-23-19-8-4-3-7-17(15)19;;;;;;/h2*1-10,12-13,20,23,25H,11H2,(H,26,27);;;4*1H2/q;;2*+2;;;;/p-3/t2*20-;;;;;;/m00....../s1. The molecule has 0 bridgehead atoms. The largest absolute Gasteiger partial charge is 2.00 e. The van der Waals surface area contributed by atoms with Crippen LogP contribution in [0, 0.1) is 0 Å². The van der Waals surface area contributed by atoms with Gasteiger partial charge in [0.15, 0.2) is 0 Å². The summed E-state index contributed by atoms with van der Waals surface area (Å²) in [5, 5.41) is 52.9. The molecule has 0 fully saturated rings. The summed E-state index contributed by atoms with van der Waals surface area (Å²) >= 11 is 0. The van der Waals surface area contributed by atoms with Gasteiger partial charge in [0.25, 0.3) is 0 Å². The number of carbonyl (C=O) groups excluding carboxylic acids is 2. The minimum atomic E-state index is -1.27. The van der Waals surface area contributed by atoms with E-state index in [1.165, 1.54) is 24.6 Å². The molecule has 0 aliphatic heterocycles. The first-order valence-corrected chi connectivity index (χ1v) is 17.2. The number of nitrogens with zero attached hydrogens (tertiary/aromatic N) is 2. The molecule has 2 atom stereocenters. The van der Waals surface area contributed by atoms with Crippen molar-refractivity contribution >= 4 is 67.7 Å². The zero-order valence-electron chi connectivity index (χ0n) is 31.4. The van der Waals surface area contributed by atoms with Gasteiger partial charge in [0.2, 0.25) is 0 Å². The number of fused-ring (bicyclic) bond motifs is 4. The summed E-state index contributed by atoms with van der Waals surface area (Å²) in [6, 6.07) is 34.5. The van der Waals surface area contributed by atoms with Crippen molar-refractivity contribution in [1.82, 2.24) is 9.97 Å². The normalized spacial score (nSPS) is 11.5. The van der Waals surface area contributed by atoms with E-state index in [1.807, 2.05) is 97.1 Å². The van der Waals surface area contributed by atoms with Crippen LogP contribution in [0.5, 0.6) is 11.5 Å². The summed E-state index contributed by atoms with van der Waals surface area (Å²) in [7, 11) is 0. The van der Waals surface area contributed by atoms with Crippen molar-refractivity contribution in [2.24, 2.45) is 9.98 Å². The van der Waals surface area contributed by atoms with Crippen molar-refractivity contribution in [3.8, 4) is 11.5 Å². The molecule has 6 aromatic carbocycles. The van der Waals surface area contributed by atoms with E-state index < -0.39 is 24.0 Å². The van der Waals surface area contributed by atoms with E-state index in [9.17, 15) is 30.0 Å². The fourth-order valence-corrected chi connectivity index (χ4v) is 6.56. The number of hydrogen-bond donors (Lipinski definition) is 2. The molecule has 60 heavy (non-hydrogen) atoms. The van der Waals surface area contributed by atoms with Gasteiger partial charge in [-0.25, -0.2) is 0 Å². The van der Waals surface area contributed by atoms with Crippen molar-refractivity contribution < 1.29 is 86.1 Å². The number of para-hydroxylation sites is 2. The van der Waals surface area contributed by atoms with Crippen LogP contribution in [0.1, 0.15) is 22.3 Å². The first kappa shape index (κ1) is 51.7. The molecular weight excluding hydrogens is 872 g/mol. The Balaban J connectivity index is 0.000000545. The Morgan fingerprint density at radius 1 is 0.517 bits per heavy atom. The molecule has 8 rings (SSSR count). The zero-order chi connectivity index (χ0) is 37.6. The molecule has 2 aromatic heterocycles. The van der Waals surface area contributed by atoms with E-state index in [0.717, 1.165) is 54.5 Å².